The molecule has 2 aromatic heterocycles. The molecule has 154 valence electrons. The molecule has 0 spiro atoms. The lowest BCUT2D eigenvalue weighted by Crippen LogP contribution is -2.57. The second kappa shape index (κ2) is 7.50. The topological polar surface area (TPSA) is 101 Å². The molecule has 0 radical (unpaired) electrons. The van der Waals surface area contributed by atoms with Crippen molar-refractivity contribution in [3.63, 3.8) is 0 Å². The van der Waals surface area contributed by atoms with Crippen LogP contribution in [-0.4, -0.2) is 57.7 Å². The van der Waals surface area contributed by atoms with Crippen LogP contribution < -0.4 is 20.3 Å². The van der Waals surface area contributed by atoms with Crippen molar-refractivity contribution in [1.82, 2.24) is 15.2 Å². The number of pyridine rings is 1. The van der Waals surface area contributed by atoms with E-state index < -0.39 is 0 Å². The van der Waals surface area contributed by atoms with E-state index in [2.05, 4.69) is 25.0 Å². The van der Waals surface area contributed by atoms with E-state index in [0.29, 0.717) is 41.8 Å². The van der Waals surface area contributed by atoms with E-state index in [1.54, 1.807) is 6.20 Å². The second-order valence-corrected chi connectivity index (χ2v) is 8.59. The highest BCUT2D eigenvalue weighted by atomic mass is 35.5. The van der Waals surface area contributed by atoms with E-state index >= 15 is 0 Å². The highest BCUT2D eigenvalue weighted by Gasteiger charge is 2.38. The number of hydrogen-bond acceptors (Lipinski definition) is 8. The van der Waals surface area contributed by atoms with Gasteiger partial charge in [-0.15, -0.1) is 10.2 Å². The summed E-state index contributed by atoms with van der Waals surface area (Å²) < 4.78 is 5.93. The van der Waals surface area contributed by atoms with Gasteiger partial charge in [-0.2, -0.15) is 0 Å². The highest BCUT2D eigenvalue weighted by molar-refractivity contribution is 6.29. The molecule has 2 unspecified atom stereocenters. The molecule has 2 bridgehead atoms. The van der Waals surface area contributed by atoms with Gasteiger partial charge in [-0.1, -0.05) is 11.6 Å². The first-order valence-corrected chi connectivity index (χ1v) is 10.6. The zero-order chi connectivity index (χ0) is 20.0. The molecule has 4 fully saturated rings. The summed E-state index contributed by atoms with van der Waals surface area (Å²) in [5.41, 5.74) is 8.12. The molecule has 1 saturated carbocycles. The molecule has 3 N–H and O–H groups in total. The number of piperazine rings is 1. The smallest absolute Gasteiger partial charge is 0.215 e. The lowest BCUT2D eigenvalue weighted by atomic mass is 9.92. The van der Waals surface area contributed by atoms with Gasteiger partial charge < -0.3 is 25.4 Å². The van der Waals surface area contributed by atoms with Crippen LogP contribution in [0.3, 0.4) is 0 Å². The fourth-order valence-corrected chi connectivity index (χ4v) is 4.83. The van der Waals surface area contributed by atoms with Gasteiger partial charge in [0.15, 0.2) is 11.0 Å². The van der Waals surface area contributed by atoms with Crippen LogP contribution in [0.1, 0.15) is 32.1 Å². The molecule has 2 aromatic rings. The van der Waals surface area contributed by atoms with Crippen LogP contribution in [0.4, 0.5) is 17.2 Å². The second-order valence-electron chi connectivity index (χ2n) is 8.20. The molecule has 29 heavy (non-hydrogen) atoms. The number of aromatic nitrogens is 3. The van der Waals surface area contributed by atoms with Gasteiger partial charge in [-0.25, -0.2) is 4.98 Å². The number of ether oxygens (including phenoxy) is 1. The van der Waals surface area contributed by atoms with Crippen LogP contribution in [0.25, 0.3) is 0 Å². The number of halogens is 1. The van der Waals surface area contributed by atoms with Crippen molar-refractivity contribution in [2.75, 3.05) is 28.6 Å². The van der Waals surface area contributed by atoms with E-state index in [4.69, 9.17) is 22.1 Å². The molecule has 4 aliphatic rings. The van der Waals surface area contributed by atoms with Gasteiger partial charge in [0.25, 0.3) is 0 Å². The maximum absolute atomic E-state index is 9.47. The summed E-state index contributed by atoms with van der Waals surface area (Å²) in [6.45, 7) is 1.76. The Hall–Kier alpha value is -2.32. The minimum Gasteiger partial charge on any atom is -0.474 e. The largest absolute Gasteiger partial charge is 0.474 e. The van der Waals surface area contributed by atoms with Gasteiger partial charge >= 0.3 is 0 Å². The number of nitrogens with zero attached hydrogens (tertiary/aromatic N) is 5. The van der Waals surface area contributed by atoms with Crippen LogP contribution in [0.5, 0.6) is 5.88 Å². The van der Waals surface area contributed by atoms with Crippen molar-refractivity contribution in [1.29, 1.82) is 0 Å². The average Bonchev–Trinajstić information content (AvgIpc) is 3.02. The number of hydrogen-bond donors (Lipinski definition) is 2. The van der Waals surface area contributed by atoms with E-state index in [-0.39, 0.29) is 12.2 Å². The lowest BCUT2D eigenvalue weighted by molar-refractivity contribution is -0.0128. The SMILES string of the molecule is Nc1nnc(Cl)cc1N1CC2CCCC1CN2c1ccnc(O[C@H]2C[C@@H](O)C2)c1. The summed E-state index contributed by atoms with van der Waals surface area (Å²) in [6.07, 6.45) is 6.38. The van der Waals surface area contributed by atoms with Crippen molar-refractivity contribution >= 4 is 28.8 Å². The highest BCUT2D eigenvalue weighted by Crippen LogP contribution is 2.37. The van der Waals surface area contributed by atoms with Crippen molar-refractivity contribution in [2.45, 2.75) is 56.4 Å². The van der Waals surface area contributed by atoms with Gasteiger partial charge in [-0.05, 0) is 25.3 Å². The number of nitrogen functional groups attached to an aromatic ring is 1. The Morgan fingerprint density at radius 3 is 2.66 bits per heavy atom. The molecule has 6 rings (SSSR count). The molecule has 8 nitrogen and oxygen atoms in total. The molecule has 1 aliphatic carbocycles. The lowest BCUT2D eigenvalue weighted by Gasteiger charge is -2.46. The third-order valence-corrected chi connectivity index (χ3v) is 6.44. The average molecular weight is 417 g/mol. The van der Waals surface area contributed by atoms with Crippen molar-refractivity contribution < 1.29 is 9.84 Å². The summed E-state index contributed by atoms with van der Waals surface area (Å²) >= 11 is 6.09. The molecule has 3 saturated heterocycles. The summed E-state index contributed by atoms with van der Waals surface area (Å²) in [5, 5.41) is 17.7. The van der Waals surface area contributed by atoms with E-state index in [1.807, 2.05) is 18.2 Å². The predicted octanol–water partition coefficient (Wildman–Crippen LogP) is 2.26. The van der Waals surface area contributed by atoms with Crippen molar-refractivity contribution in [2.24, 2.45) is 0 Å². The Morgan fingerprint density at radius 1 is 1.10 bits per heavy atom. The maximum Gasteiger partial charge on any atom is 0.215 e. The Morgan fingerprint density at radius 2 is 1.86 bits per heavy atom. The van der Waals surface area contributed by atoms with Gasteiger partial charge in [-0.3, -0.25) is 0 Å². The van der Waals surface area contributed by atoms with Gasteiger partial charge in [0.05, 0.1) is 11.8 Å². The summed E-state index contributed by atoms with van der Waals surface area (Å²) in [6, 6.07) is 6.58. The minimum atomic E-state index is -0.237. The zero-order valence-electron chi connectivity index (χ0n) is 16.1. The number of rotatable bonds is 4. The minimum absolute atomic E-state index is 0.0655. The summed E-state index contributed by atoms with van der Waals surface area (Å²) in [5.74, 6) is 1.06. The first-order chi connectivity index (χ1) is 14.1. The zero-order valence-corrected chi connectivity index (χ0v) is 16.9. The Kier molecular flexibility index (Phi) is 4.83. The molecule has 2 atom stereocenters. The fourth-order valence-electron chi connectivity index (χ4n) is 4.69. The van der Waals surface area contributed by atoms with Crippen molar-refractivity contribution in [3.05, 3.63) is 29.5 Å². The third kappa shape index (κ3) is 3.67. The standard InChI is InChI=1S/C20H25ClN6O2/c21-18-9-17(20(22)25-24-18)27-11-13-2-1-3-14(27)10-26(13)12-4-5-23-19(6-12)29-16-7-15(28)8-16/h4-6,9,13-16,28H,1-3,7-8,10-11H2,(H2,22,25)/t13?,14?,15-,16+. The number of fused-ring (bicyclic) bond motifs is 4. The Labute approximate surface area is 174 Å². The monoisotopic (exact) mass is 416 g/mol. The molecule has 3 aliphatic heterocycles. The number of aliphatic hydroxyl groups excluding tert-OH is 1. The van der Waals surface area contributed by atoms with Gasteiger partial charge in [0.1, 0.15) is 6.10 Å². The van der Waals surface area contributed by atoms with Crippen LogP contribution in [0.2, 0.25) is 5.15 Å². The summed E-state index contributed by atoms with van der Waals surface area (Å²) in [4.78, 5) is 9.17. The molecule has 0 amide bonds. The number of aliphatic hydroxyl groups is 1. The first kappa shape index (κ1) is 18.7. The van der Waals surface area contributed by atoms with Crippen LogP contribution in [0.15, 0.2) is 24.4 Å². The van der Waals surface area contributed by atoms with Gasteiger partial charge in [0, 0.05) is 62.0 Å². The Balaban J connectivity index is 1.36. The quantitative estimate of drug-likeness (QED) is 0.782. The van der Waals surface area contributed by atoms with Gasteiger partial charge in [0.2, 0.25) is 5.88 Å². The van der Waals surface area contributed by atoms with Crippen LogP contribution >= 0.6 is 11.6 Å². The molecule has 9 heteroatoms. The molecular formula is C20H25ClN6O2. The predicted molar refractivity (Wildman–Crippen MR) is 111 cm³/mol. The fraction of sp³-hybridized carbons (Fsp3) is 0.550. The maximum atomic E-state index is 9.47. The van der Waals surface area contributed by atoms with E-state index in [0.717, 1.165) is 37.3 Å². The van der Waals surface area contributed by atoms with E-state index in [1.165, 1.54) is 6.42 Å². The molecule has 0 aromatic carbocycles. The molecule has 5 heterocycles. The van der Waals surface area contributed by atoms with Crippen LogP contribution in [-0.2, 0) is 0 Å². The number of nitrogens with two attached hydrogens (primary N) is 1. The first-order valence-electron chi connectivity index (χ1n) is 10.2. The van der Waals surface area contributed by atoms with E-state index in [9.17, 15) is 5.11 Å². The molecular weight excluding hydrogens is 392 g/mol. The summed E-state index contributed by atoms with van der Waals surface area (Å²) in [7, 11) is 0. The third-order valence-electron chi connectivity index (χ3n) is 6.26. The van der Waals surface area contributed by atoms with Crippen molar-refractivity contribution in [3.8, 4) is 5.88 Å². The van der Waals surface area contributed by atoms with Crippen LogP contribution in [0, 0.1) is 0 Å². The Bertz CT molecular complexity index is 893. The number of anilines is 3. The normalized spacial score (nSPS) is 28.8.